The third-order valence-corrected chi connectivity index (χ3v) is 2.51. The molecule has 2 aromatic rings. The Bertz CT molecular complexity index is 488. The lowest BCUT2D eigenvalue weighted by atomic mass is 10.2. The number of nitrogens with two attached hydrogens (primary N) is 1. The minimum Gasteiger partial charge on any atom is -0.399 e. The maximum atomic E-state index is 13.4. The third kappa shape index (κ3) is 2.97. The number of anilines is 2. The first-order valence-electron chi connectivity index (χ1n) is 5.63. The Morgan fingerprint density at radius 3 is 2.61 bits per heavy atom. The monoisotopic (exact) mass is 252 g/mol. The summed E-state index contributed by atoms with van der Waals surface area (Å²) >= 11 is 0. The second-order valence-electron chi connectivity index (χ2n) is 3.93. The van der Waals surface area contributed by atoms with E-state index in [0.717, 1.165) is 30.8 Å². The zero-order valence-electron chi connectivity index (χ0n) is 9.71. The molecule has 1 heterocycles. The van der Waals surface area contributed by atoms with Crippen LogP contribution in [0.1, 0.15) is 12.2 Å². The molecule has 0 atom stereocenters. The lowest BCUT2D eigenvalue weighted by Crippen LogP contribution is -2.07. The van der Waals surface area contributed by atoms with E-state index in [1.807, 2.05) is 0 Å². The van der Waals surface area contributed by atoms with Gasteiger partial charge in [0.1, 0.15) is 11.5 Å². The van der Waals surface area contributed by atoms with Gasteiger partial charge in [-0.05, 0) is 18.6 Å². The molecule has 0 radical (unpaired) electrons. The minimum absolute atomic E-state index is 0.0751. The molecule has 0 fully saturated rings. The first-order chi connectivity index (χ1) is 8.66. The molecule has 1 aromatic carbocycles. The summed E-state index contributed by atoms with van der Waals surface area (Å²) in [6.45, 7) is 0.457. The summed E-state index contributed by atoms with van der Waals surface area (Å²) in [4.78, 5) is 7.02. The Labute approximate surface area is 103 Å². The van der Waals surface area contributed by atoms with Gasteiger partial charge in [-0.1, -0.05) is 0 Å². The van der Waals surface area contributed by atoms with Crippen LogP contribution in [-0.2, 0) is 6.42 Å². The molecule has 0 aliphatic rings. The van der Waals surface area contributed by atoms with Gasteiger partial charge in [0, 0.05) is 31.0 Å². The number of halogens is 2. The van der Waals surface area contributed by atoms with Gasteiger partial charge in [-0.15, -0.1) is 0 Å². The van der Waals surface area contributed by atoms with Crippen LogP contribution in [0.25, 0.3) is 0 Å². The van der Waals surface area contributed by atoms with Gasteiger partial charge in [-0.3, -0.25) is 0 Å². The van der Waals surface area contributed by atoms with Crippen molar-refractivity contribution in [3.8, 4) is 0 Å². The maximum absolute atomic E-state index is 13.4. The van der Waals surface area contributed by atoms with E-state index in [-0.39, 0.29) is 11.4 Å². The van der Waals surface area contributed by atoms with E-state index in [9.17, 15) is 8.78 Å². The summed E-state index contributed by atoms with van der Waals surface area (Å²) < 4.78 is 26.8. The number of aromatic nitrogens is 2. The summed E-state index contributed by atoms with van der Waals surface area (Å²) in [6.07, 6.45) is 4.85. The molecule has 0 unspecified atom stereocenters. The molecule has 1 aromatic heterocycles. The number of H-pyrrole nitrogens is 1. The molecule has 0 amide bonds. The highest BCUT2D eigenvalue weighted by molar-refractivity contribution is 5.53. The predicted octanol–water partition coefficient (Wildman–Crippen LogP) is 2.31. The number of benzene rings is 1. The number of nitrogens with one attached hydrogen (secondary N) is 2. The van der Waals surface area contributed by atoms with Gasteiger partial charge in [0.05, 0.1) is 0 Å². The molecular weight excluding hydrogens is 238 g/mol. The number of hydrogen-bond donors (Lipinski definition) is 3. The molecule has 0 aliphatic heterocycles. The fourth-order valence-electron chi connectivity index (χ4n) is 1.67. The standard InChI is InChI=1S/C12H14F2N4/c13-9-6-8(15)7-10(14)12(9)18-3-1-2-11-16-4-5-17-11/h4-7,18H,1-3,15H2,(H,16,17). The third-order valence-electron chi connectivity index (χ3n) is 2.51. The van der Waals surface area contributed by atoms with Crippen LogP contribution in [0, 0.1) is 11.6 Å². The van der Waals surface area contributed by atoms with Crippen molar-refractivity contribution in [3.05, 3.63) is 42.0 Å². The first kappa shape index (κ1) is 12.3. The van der Waals surface area contributed by atoms with E-state index in [1.54, 1.807) is 12.4 Å². The summed E-state index contributed by atoms with van der Waals surface area (Å²) in [5, 5.41) is 2.72. The molecule has 0 spiro atoms. The van der Waals surface area contributed by atoms with Crippen molar-refractivity contribution in [1.82, 2.24) is 9.97 Å². The highest BCUT2D eigenvalue weighted by Gasteiger charge is 2.09. The molecule has 18 heavy (non-hydrogen) atoms. The smallest absolute Gasteiger partial charge is 0.151 e. The van der Waals surface area contributed by atoms with Crippen molar-refractivity contribution in [2.24, 2.45) is 0 Å². The SMILES string of the molecule is Nc1cc(F)c(NCCCc2ncc[nH]2)c(F)c1. The van der Waals surface area contributed by atoms with Crippen molar-refractivity contribution >= 4 is 11.4 Å². The van der Waals surface area contributed by atoms with Crippen LogP contribution < -0.4 is 11.1 Å². The molecular formula is C12H14F2N4. The Morgan fingerprint density at radius 2 is 2.00 bits per heavy atom. The number of imidazole rings is 1. The zero-order chi connectivity index (χ0) is 13.0. The molecule has 0 bridgehead atoms. The molecule has 2 rings (SSSR count). The summed E-state index contributed by atoms with van der Waals surface area (Å²) in [5.74, 6) is -0.494. The molecule has 0 saturated heterocycles. The van der Waals surface area contributed by atoms with Gasteiger partial charge in [0.2, 0.25) is 0 Å². The molecule has 4 nitrogen and oxygen atoms in total. The van der Waals surface area contributed by atoms with E-state index < -0.39 is 11.6 Å². The van der Waals surface area contributed by atoms with Crippen LogP contribution in [-0.4, -0.2) is 16.5 Å². The van der Waals surface area contributed by atoms with E-state index >= 15 is 0 Å². The Hall–Kier alpha value is -2.11. The molecule has 0 saturated carbocycles. The Morgan fingerprint density at radius 1 is 1.28 bits per heavy atom. The summed E-state index contributed by atoms with van der Waals surface area (Å²) in [6, 6.07) is 2.19. The highest BCUT2D eigenvalue weighted by atomic mass is 19.1. The van der Waals surface area contributed by atoms with Crippen LogP contribution >= 0.6 is 0 Å². The predicted molar refractivity (Wildman–Crippen MR) is 66.2 cm³/mol. The van der Waals surface area contributed by atoms with Gasteiger partial charge in [0.15, 0.2) is 11.6 Å². The van der Waals surface area contributed by atoms with E-state index in [2.05, 4.69) is 15.3 Å². The number of aryl methyl sites for hydroxylation is 1. The molecule has 4 N–H and O–H groups in total. The number of nitrogen functional groups attached to an aromatic ring is 1. The van der Waals surface area contributed by atoms with E-state index in [4.69, 9.17) is 5.73 Å². The lowest BCUT2D eigenvalue weighted by molar-refractivity contribution is 0.588. The zero-order valence-corrected chi connectivity index (χ0v) is 9.71. The maximum Gasteiger partial charge on any atom is 0.151 e. The van der Waals surface area contributed by atoms with Gasteiger partial charge in [0.25, 0.3) is 0 Å². The van der Waals surface area contributed by atoms with Gasteiger partial charge >= 0.3 is 0 Å². The Balaban J connectivity index is 1.87. The van der Waals surface area contributed by atoms with Crippen molar-refractivity contribution < 1.29 is 8.78 Å². The van der Waals surface area contributed by atoms with Crippen molar-refractivity contribution in [1.29, 1.82) is 0 Å². The van der Waals surface area contributed by atoms with Crippen LogP contribution in [0.5, 0.6) is 0 Å². The second kappa shape index (κ2) is 5.48. The molecule has 96 valence electrons. The minimum atomic E-state index is -0.675. The topological polar surface area (TPSA) is 66.7 Å². The Kier molecular flexibility index (Phi) is 3.76. The van der Waals surface area contributed by atoms with Gasteiger partial charge in [-0.25, -0.2) is 13.8 Å². The number of rotatable bonds is 5. The van der Waals surface area contributed by atoms with Crippen LogP contribution in [0.3, 0.4) is 0 Å². The average Bonchev–Trinajstić information content (AvgIpc) is 2.79. The van der Waals surface area contributed by atoms with Crippen LogP contribution in [0.15, 0.2) is 24.5 Å². The second-order valence-corrected chi connectivity index (χ2v) is 3.93. The summed E-state index contributed by atoms with van der Waals surface area (Å²) in [5.41, 5.74) is 5.27. The average molecular weight is 252 g/mol. The number of aromatic amines is 1. The first-order valence-corrected chi connectivity index (χ1v) is 5.63. The molecule has 6 heteroatoms. The van der Waals surface area contributed by atoms with Crippen molar-refractivity contribution in [2.45, 2.75) is 12.8 Å². The largest absolute Gasteiger partial charge is 0.399 e. The lowest BCUT2D eigenvalue weighted by Gasteiger charge is -2.09. The number of nitrogens with zero attached hydrogens (tertiary/aromatic N) is 1. The van der Waals surface area contributed by atoms with Gasteiger partial charge in [-0.2, -0.15) is 0 Å². The normalized spacial score (nSPS) is 10.6. The van der Waals surface area contributed by atoms with E-state index in [1.165, 1.54) is 0 Å². The highest BCUT2D eigenvalue weighted by Crippen LogP contribution is 2.21. The van der Waals surface area contributed by atoms with Gasteiger partial charge < -0.3 is 16.0 Å². The quantitative estimate of drug-likeness (QED) is 0.565. The molecule has 0 aliphatic carbocycles. The van der Waals surface area contributed by atoms with E-state index in [0.29, 0.717) is 6.54 Å². The summed E-state index contributed by atoms with van der Waals surface area (Å²) in [7, 11) is 0. The van der Waals surface area contributed by atoms with Crippen molar-refractivity contribution in [3.63, 3.8) is 0 Å². The number of hydrogen-bond acceptors (Lipinski definition) is 3. The van der Waals surface area contributed by atoms with Crippen molar-refractivity contribution in [2.75, 3.05) is 17.6 Å². The van der Waals surface area contributed by atoms with Crippen LogP contribution in [0.2, 0.25) is 0 Å². The van der Waals surface area contributed by atoms with Crippen LogP contribution in [0.4, 0.5) is 20.2 Å². The fourth-order valence-corrected chi connectivity index (χ4v) is 1.67. The fraction of sp³-hybridized carbons (Fsp3) is 0.250.